The number of hydrogen-bond acceptors (Lipinski definition) is 4. The maximum atomic E-state index is 10.1. The van der Waals surface area contributed by atoms with E-state index < -0.39 is 0 Å². The summed E-state index contributed by atoms with van der Waals surface area (Å²) >= 11 is 6.09. The molecule has 5 nitrogen and oxygen atoms in total. The highest BCUT2D eigenvalue weighted by Gasteiger charge is 2.19. The first-order valence-electron chi connectivity index (χ1n) is 7.41. The second-order valence-corrected chi connectivity index (χ2v) is 5.82. The van der Waals surface area contributed by atoms with Crippen LogP contribution in [0.3, 0.4) is 0 Å². The monoisotopic (exact) mass is 331 g/mol. The molecule has 0 unspecified atom stereocenters. The Morgan fingerprint density at radius 2 is 2.09 bits per heavy atom. The van der Waals surface area contributed by atoms with Crippen LogP contribution in [0.15, 0.2) is 40.6 Å². The average molecular weight is 332 g/mol. The lowest BCUT2D eigenvalue weighted by atomic mass is 10.1. The first-order valence-corrected chi connectivity index (χ1v) is 7.79. The van der Waals surface area contributed by atoms with Crippen LogP contribution in [-0.2, 0) is 6.54 Å². The number of aliphatic hydroxyl groups excluding tert-OH is 1. The van der Waals surface area contributed by atoms with Crippen LogP contribution in [0, 0.1) is 0 Å². The van der Waals surface area contributed by atoms with Crippen molar-refractivity contribution in [2.45, 2.75) is 26.8 Å². The Morgan fingerprint density at radius 3 is 2.78 bits per heavy atom. The quantitative estimate of drug-likeness (QED) is 0.915. The van der Waals surface area contributed by atoms with Crippen LogP contribution >= 0.6 is 11.6 Å². The molecule has 0 atom stereocenters. The molecule has 1 aliphatic rings. The van der Waals surface area contributed by atoms with E-state index in [-0.39, 0.29) is 5.76 Å². The van der Waals surface area contributed by atoms with Gasteiger partial charge in [-0.2, -0.15) is 4.98 Å². The molecule has 120 valence electrons. The van der Waals surface area contributed by atoms with Gasteiger partial charge in [-0.3, -0.25) is 0 Å². The first kappa shape index (κ1) is 15.6. The second-order valence-electron chi connectivity index (χ2n) is 5.38. The van der Waals surface area contributed by atoms with Crippen molar-refractivity contribution < 1.29 is 9.84 Å². The number of rotatable bonds is 3. The lowest BCUT2D eigenvalue weighted by Crippen LogP contribution is -2.03. The molecule has 2 aromatic rings. The molecule has 1 aliphatic carbocycles. The number of allylic oxidation sites excluding steroid dienone is 5. The minimum Gasteiger partial charge on any atom is -0.512 e. The maximum absolute atomic E-state index is 10.1. The van der Waals surface area contributed by atoms with Gasteiger partial charge in [-0.25, -0.2) is 4.98 Å². The van der Waals surface area contributed by atoms with Gasteiger partial charge in [-0.15, -0.1) is 0 Å². The highest BCUT2D eigenvalue weighted by molar-refractivity contribution is 6.31. The molecule has 0 spiro atoms. The van der Waals surface area contributed by atoms with E-state index in [0.717, 1.165) is 29.0 Å². The van der Waals surface area contributed by atoms with Crippen molar-refractivity contribution in [3.05, 3.63) is 46.5 Å². The molecule has 0 radical (unpaired) electrons. The molecule has 2 heterocycles. The van der Waals surface area contributed by atoms with Gasteiger partial charge in [0.25, 0.3) is 0 Å². The van der Waals surface area contributed by atoms with Crippen molar-refractivity contribution >= 4 is 28.3 Å². The zero-order chi connectivity index (χ0) is 16.6. The fraction of sp³-hybridized carbons (Fsp3) is 0.294. The first-order chi connectivity index (χ1) is 11.0. The highest BCUT2D eigenvalue weighted by atomic mass is 35.5. The van der Waals surface area contributed by atoms with Crippen LogP contribution in [-0.4, -0.2) is 26.8 Å². The van der Waals surface area contributed by atoms with E-state index in [1.165, 1.54) is 0 Å². The molecule has 0 aromatic carbocycles. The molecule has 0 saturated carbocycles. The second kappa shape index (κ2) is 6.08. The summed E-state index contributed by atoms with van der Waals surface area (Å²) in [5, 5.41) is 10.6. The van der Waals surface area contributed by atoms with Gasteiger partial charge in [0.15, 0.2) is 5.65 Å². The standard InChI is InChI=1S/C17H18ClN3O2/c1-4-21-14-5-6-15(23-3)19-16(14)20-17(21)13-9-12(22)8-11(18)7-10(13)2/h5-8,22H,4,9H2,1-3H3. The number of halogens is 1. The van der Waals surface area contributed by atoms with E-state index in [2.05, 4.69) is 21.5 Å². The van der Waals surface area contributed by atoms with Gasteiger partial charge in [0, 0.05) is 29.6 Å². The van der Waals surface area contributed by atoms with Gasteiger partial charge in [-0.05, 0) is 37.6 Å². The summed E-state index contributed by atoms with van der Waals surface area (Å²) in [5.41, 5.74) is 3.48. The van der Waals surface area contributed by atoms with Crippen molar-refractivity contribution in [1.29, 1.82) is 0 Å². The zero-order valence-corrected chi connectivity index (χ0v) is 14.1. The third-order valence-corrected chi connectivity index (χ3v) is 4.09. The van der Waals surface area contributed by atoms with E-state index in [1.54, 1.807) is 13.2 Å². The van der Waals surface area contributed by atoms with Gasteiger partial charge in [-0.1, -0.05) is 11.6 Å². The van der Waals surface area contributed by atoms with Crippen molar-refractivity contribution in [1.82, 2.24) is 14.5 Å². The number of methoxy groups -OCH3 is 1. The topological polar surface area (TPSA) is 60.2 Å². The Kier molecular flexibility index (Phi) is 4.13. The van der Waals surface area contributed by atoms with Crippen LogP contribution in [0.2, 0.25) is 0 Å². The highest BCUT2D eigenvalue weighted by Crippen LogP contribution is 2.32. The SMILES string of the molecule is CCn1c(C2=C(C)C=C(Cl)C=C(O)C2)nc2nc(OC)ccc21. The van der Waals surface area contributed by atoms with Gasteiger partial charge in [0.05, 0.1) is 18.4 Å². The minimum absolute atomic E-state index is 0.221. The molecule has 1 N–H and O–H groups in total. The zero-order valence-electron chi connectivity index (χ0n) is 13.3. The van der Waals surface area contributed by atoms with Crippen molar-refractivity contribution in [3.63, 3.8) is 0 Å². The lowest BCUT2D eigenvalue weighted by Gasteiger charge is -2.11. The molecule has 0 saturated heterocycles. The molecular formula is C17H18ClN3O2. The molecule has 3 rings (SSSR count). The third kappa shape index (κ3) is 2.84. The van der Waals surface area contributed by atoms with Gasteiger partial charge in [0.2, 0.25) is 5.88 Å². The van der Waals surface area contributed by atoms with Crippen LogP contribution in [0.4, 0.5) is 0 Å². The number of pyridine rings is 1. The summed E-state index contributed by atoms with van der Waals surface area (Å²) in [5.74, 6) is 1.55. The molecule has 2 aromatic heterocycles. The van der Waals surface area contributed by atoms with Gasteiger partial charge >= 0.3 is 0 Å². The number of aromatic nitrogens is 3. The summed E-state index contributed by atoms with van der Waals surface area (Å²) in [6, 6.07) is 3.77. The fourth-order valence-corrected chi connectivity index (χ4v) is 3.07. The Labute approximate surface area is 139 Å². The van der Waals surface area contributed by atoms with Gasteiger partial charge in [0.1, 0.15) is 5.82 Å². The summed E-state index contributed by atoms with van der Waals surface area (Å²) in [6.07, 6.45) is 3.80. The van der Waals surface area contributed by atoms with Crippen LogP contribution < -0.4 is 4.74 Å². The summed E-state index contributed by atoms with van der Waals surface area (Å²) in [7, 11) is 1.58. The molecule has 0 amide bonds. The van der Waals surface area contributed by atoms with Crippen LogP contribution in [0.5, 0.6) is 5.88 Å². The number of nitrogens with zero attached hydrogens (tertiary/aromatic N) is 3. The average Bonchev–Trinajstić information content (AvgIpc) is 2.82. The van der Waals surface area contributed by atoms with E-state index >= 15 is 0 Å². The molecule has 0 fully saturated rings. The van der Waals surface area contributed by atoms with Crippen molar-refractivity contribution in [3.8, 4) is 5.88 Å². The number of ether oxygens (including phenoxy) is 1. The summed E-state index contributed by atoms with van der Waals surface area (Å²) in [6.45, 7) is 4.77. The Bertz CT molecular complexity index is 862. The van der Waals surface area contributed by atoms with Gasteiger partial charge < -0.3 is 14.4 Å². The van der Waals surface area contributed by atoms with Crippen molar-refractivity contribution in [2.75, 3.05) is 7.11 Å². The molecule has 0 aliphatic heterocycles. The minimum atomic E-state index is 0.221. The maximum Gasteiger partial charge on any atom is 0.215 e. The third-order valence-electron chi connectivity index (χ3n) is 3.88. The summed E-state index contributed by atoms with van der Waals surface area (Å²) in [4.78, 5) is 9.08. The normalized spacial score (nSPS) is 15.5. The van der Waals surface area contributed by atoms with Crippen molar-refractivity contribution in [2.24, 2.45) is 0 Å². The fourth-order valence-electron chi connectivity index (χ4n) is 2.78. The smallest absolute Gasteiger partial charge is 0.215 e. The molecule has 0 bridgehead atoms. The molecule has 6 heteroatoms. The van der Waals surface area contributed by atoms with E-state index in [1.807, 2.05) is 25.1 Å². The predicted octanol–water partition coefficient (Wildman–Crippen LogP) is 4.20. The lowest BCUT2D eigenvalue weighted by molar-refractivity contribution is 0.399. The Hall–Kier alpha value is -2.27. The number of hydrogen-bond donors (Lipinski definition) is 1. The van der Waals surface area contributed by atoms with Crippen LogP contribution in [0.1, 0.15) is 26.1 Å². The largest absolute Gasteiger partial charge is 0.512 e. The summed E-state index contributed by atoms with van der Waals surface area (Å²) < 4.78 is 7.26. The predicted molar refractivity (Wildman–Crippen MR) is 91.6 cm³/mol. The van der Waals surface area contributed by atoms with E-state index in [9.17, 15) is 5.11 Å². The number of aliphatic hydroxyl groups is 1. The Morgan fingerprint density at radius 1 is 1.30 bits per heavy atom. The number of fused-ring (bicyclic) bond motifs is 1. The van der Waals surface area contributed by atoms with E-state index in [0.29, 0.717) is 23.0 Å². The van der Waals surface area contributed by atoms with Crippen LogP contribution in [0.25, 0.3) is 16.7 Å². The van der Waals surface area contributed by atoms with E-state index in [4.69, 9.17) is 16.3 Å². The molecular weight excluding hydrogens is 314 g/mol. The number of imidazole rings is 1. The number of aryl methyl sites for hydroxylation is 1. The molecule has 23 heavy (non-hydrogen) atoms. The Balaban J connectivity index is 2.23.